The van der Waals surface area contributed by atoms with Gasteiger partial charge in [-0.1, -0.05) is 12.5 Å². The second kappa shape index (κ2) is 5.08. The van der Waals surface area contributed by atoms with E-state index in [0.29, 0.717) is 6.10 Å². The van der Waals surface area contributed by atoms with E-state index in [2.05, 4.69) is 46.1 Å². The summed E-state index contributed by atoms with van der Waals surface area (Å²) in [7, 11) is 2.11. The monoisotopic (exact) mass is 324 g/mol. The first-order valence-corrected chi connectivity index (χ1v) is 7.77. The first-order chi connectivity index (χ1) is 9.13. The molecular formula is C15H21BrN2O. The van der Waals surface area contributed by atoms with Gasteiger partial charge in [0, 0.05) is 25.0 Å². The molecule has 1 aliphatic heterocycles. The molecule has 3 nitrogen and oxygen atoms in total. The highest BCUT2D eigenvalue weighted by Crippen LogP contribution is 2.44. The Kier molecular flexibility index (Phi) is 3.58. The van der Waals surface area contributed by atoms with Crippen molar-refractivity contribution < 1.29 is 4.74 Å². The van der Waals surface area contributed by atoms with Gasteiger partial charge in [0.15, 0.2) is 0 Å². The van der Waals surface area contributed by atoms with Crippen molar-refractivity contribution in [1.82, 2.24) is 4.90 Å². The minimum absolute atomic E-state index is 0.220. The number of halogens is 1. The second-order valence-electron chi connectivity index (χ2n) is 5.94. The highest BCUT2D eigenvalue weighted by Gasteiger charge is 2.37. The van der Waals surface area contributed by atoms with E-state index in [1.165, 1.54) is 24.8 Å². The fourth-order valence-corrected chi connectivity index (χ4v) is 3.51. The molecule has 2 aliphatic rings. The number of nitrogens with zero attached hydrogens (tertiary/aromatic N) is 1. The van der Waals surface area contributed by atoms with Crippen LogP contribution in [0.2, 0.25) is 0 Å². The van der Waals surface area contributed by atoms with Crippen molar-refractivity contribution in [3.05, 3.63) is 28.2 Å². The second-order valence-corrected chi connectivity index (χ2v) is 6.80. The maximum atomic E-state index is 5.98. The zero-order valence-electron chi connectivity index (χ0n) is 11.4. The third kappa shape index (κ3) is 2.41. The Morgan fingerprint density at radius 2 is 2.16 bits per heavy atom. The molecule has 1 aromatic rings. The van der Waals surface area contributed by atoms with E-state index in [1.807, 2.05) is 0 Å². The molecule has 2 fully saturated rings. The lowest BCUT2D eigenvalue weighted by Gasteiger charge is -2.42. The van der Waals surface area contributed by atoms with Crippen LogP contribution in [-0.2, 0) is 5.41 Å². The van der Waals surface area contributed by atoms with Gasteiger partial charge in [-0.15, -0.1) is 0 Å². The molecule has 1 aromatic carbocycles. The van der Waals surface area contributed by atoms with E-state index < -0.39 is 0 Å². The Bertz CT molecular complexity index is 462. The molecule has 1 saturated carbocycles. The maximum Gasteiger partial charge on any atom is 0.134 e. The van der Waals surface area contributed by atoms with Crippen LogP contribution >= 0.6 is 15.9 Å². The average molecular weight is 325 g/mol. The molecule has 0 radical (unpaired) electrons. The number of likely N-dealkylation sites (tertiary alicyclic amines) is 1. The van der Waals surface area contributed by atoms with Crippen molar-refractivity contribution in [2.45, 2.75) is 30.8 Å². The minimum atomic E-state index is 0.220. The number of ether oxygens (including phenoxy) is 1. The predicted molar refractivity (Wildman–Crippen MR) is 80.6 cm³/mol. The Labute approximate surface area is 123 Å². The lowest BCUT2D eigenvalue weighted by molar-refractivity contribution is 0.0382. The predicted octanol–water partition coefficient (Wildman–Crippen LogP) is 2.52. The lowest BCUT2D eigenvalue weighted by Crippen LogP contribution is -2.51. The van der Waals surface area contributed by atoms with Gasteiger partial charge >= 0.3 is 0 Å². The summed E-state index contributed by atoms with van der Waals surface area (Å²) in [5.41, 5.74) is 7.54. The maximum absolute atomic E-state index is 5.98. The molecule has 104 valence electrons. The van der Waals surface area contributed by atoms with Crippen molar-refractivity contribution >= 4 is 15.9 Å². The number of likely N-dealkylation sites (N-methyl/N-ethyl adjacent to an activating group) is 1. The molecule has 0 spiro atoms. The van der Waals surface area contributed by atoms with E-state index in [0.717, 1.165) is 29.9 Å². The van der Waals surface area contributed by atoms with E-state index in [4.69, 9.17) is 10.5 Å². The Hall–Kier alpha value is -0.580. The van der Waals surface area contributed by atoms with Crippen LogP contribution in [0.1, 0.15) is 24.8 Å². The topological polar surface area (TPSA) is 38.5 Å². The highest BCUT2D eigenvalue weighted by molar-refractivity contribution is 9.10. The number of benzene rings is 1. The van der Waals surface area contributed by atoms with Crippen molar-refractivity contribution in [2.24, 2.45) is 5.73 Å². The summed E-state index contributed by atoms with van der Waals surface area (Å²) in [5.74, 6) is 0.952. The van der Waals surface area contributed by atoms with Crippen LogP contribution in [0, 0.1) is 0 Å². The molecule has 0 aromatic heterocycles. The van der Waals surface area contributed by atoms with Gasteiger partial charge in [0.25, 0.3) is 0 Å². The first kappa shape index (κ1) is 13.4. The summed E-state index contributed by atoms with van der Waals surface area (Å²) in [6.45, 7) is 2.77. The quantitative estimate of drug-likeness (QED) is 0.924. The largest absolute Gasteiger partial charge is 0.487 e. The molecule has 0 atom stereocenters. The summed E-state index contributed by atoms with van der Waals surface area (Å²) in [4.78, 5) is 2.25. The van der Waals surface area contributed by atoms with Gasteiger partial charge in [-0.25, -0.2) is 0 Å². The fraction of sp³-hybridized carbons (Fsp3) is 0.600. The van der Waals surface area contributed by atoms with Crippen molar-refractivity contribution in [2.75, 3.05) is 26.7 Å². The van der Waals surface area contributed by atoms with Crippen molar-refractivity contribution in [3.8, 4) is 5.75 Å². The normalized spacial score (nSPS) is 22.7. The molecule has 1 saturated heterocycles. The first-order valence-electron chi connectivity index (χ1n) is 6.98. The number of rotatable bonds is 4. The Morgan fingerprint density at radius 1 is 1.42 bits per heavy atom. The van der Waals surface area contributed by atoms with Gasteiger partial charge in [0.1, 0.15) is 11.9 Å². The lowest BCUT2D eigenvalue weighted by atomic mass is 9.64. The van der Waals surface area contributed by atoms with E-state index >= 15 is 0 Å². The molecule has 1 heterocycles. The van der Waals surface area contributed by atoms with Gasteiger partial charge in [0.05, 0.1) is 4.47 Å². The number of nitrogens with two attached hydrogens (primary N) is 1. The smallest absolute Gasteiger partial charge is 0.134 e. The molecule has 3 rings (SSSR count). The van der Waals surface area contributed by atoms with Crippen LogP contribution in [0.4, 0.5) is 0 Å². The molecule has 0 bridgehead atoms. The summed E-state index contributed by atoms with van der Waals surface area (Å²) >= 11 is 3.64. The molecule has 1 aliphatic carbocycles. The molecule has 19 heavy (non-hydrogen) atoms. The van der Waals surface area contributed by atoms with Gasteiger partial charge < -0.3 is 10.5 Å². The van der Waals surface area contributed by atoms with Gasteiger partial charge in [0.2, 0.25) is 0 Å². The summed E-state index contributed by atoms with van der Waals surface area (Å²) in [6, 6.07) is 6.48. The SMILES string of the molecule is CN1CC(Oc2ccc(C3(CN)CCC3)cc2Br)C1. The molecule has 2 N–H and O–H groups in total. The van der Waals surface area contributed by atoms with E-state index in [-0.39, 0.29) is 5.41 Å². The molecular weight excluding hydrogens is 304 g/mol. The summed E-state index contributed by atoms with van der Waals surface area (Å²) in [6.07, 6.45) is 4.05. The third-order valence-corrected chi connectivity index (χ3v) is 5.19. The Morgan fingerprint density at radius 3 is 2.63 bits per heavy atom. The zero-order chi connectivity index (χ0) is 13.5. The summed E-state index contributed by atoms with van der Waals surface area (Å²) in [5, 5.41) is 0. The van der Waals surface area contributed by atoms with Crippen LogP contribution in [0.3, 0.4) is 0 Å². The van der Waals surface area contributed by atoms with Gasteiger partial charge in [-0.2, -0.15) is 0 Å². The third-order valence-electron chi connectivity index (χ3n) is 4.57. The Balaban J connectivity index is 1.74. The van der Waals surface area contributed by atoms with Crippen LogP contribution in [0.15, 0.2) is 22.7 Å². The molecule has 0 amide bonds. The van der Waals surface area contributed by atoms with Gasteiger partial charge in [-0.05, 0) is 53.5 Å². The highest BCUT2D eigenvalue weighted by atomic mass is 79.9. The number of hydrogen-bond acceptors (Lipinski definition) is 3. The van der Waals surface area contributed by atoms with Crippen molar-refractivity contribution in [3.63, 3.8) is 0 Å². The van der Waals surface area contributed by atoms with Crippen LogP contribution in [-0.4, -0.2) is 37.7 Å². The molecule has 0 unspecified atom stereocenters. The molecule has 4 heteroatoms. The van der Waals surface area contributed by atoms with Crippen LogP contribution in [0.5, 0.6) is 5.75 Å². The van der Waals surface area contributed by atoms with E-state index in [1.54, 1.807) is 0 Å². The standard InChI is InChI=1S/C15H21BrN2O/c1-18-8-12(9-18)19-14-4-3-11(7-13(14)16)15(10-17)5-2-6-15/h3-4,7,12H,2,5-6,8-10,17H2,1H3. The summed E-state index contributed by atoms with van der Waals surface area (Å²) < 4.78 is 7.04. The fourth-order valence-electron chi connectivity index (χ4n) is 3.04. The average Bonchev–Trinajstić information content (AvgIpc) is 2.29. The van der Waals surface area contributed by atoms with Crippen LogP contribution in [0.25, 0.3) is 0 Å². The number of hydrogen-bond donors (Lipinski definition) is 1. The van der Waals surface area contributed by atoms with Crippen molar-refractivity contribution in [1.29, 1.82) is 0 Å². The zero-order valence-corrected chi connectivity index (χ0v) is 12.9. The van der Waals surface area contributed by atoms with Gasteiger partial charge in [-0.3, -0.25) is 4.90 Å². The van der Waals surface area contributed by atoms with E-state index in [9.17, 15) is 0 Å². The van der Waals surface area contributed by atoms with Crippen LogP contribution < -0.4 is 10.5 Å². The minimum Gasteiger partial charge on any atom is -0.487 e.